The summed E-state index contributed by atoms with van der Waals surface area (Å²) in [7, 11) is 0. The Morgan fingerprint density at radius 1 is 0.654 bits per heavy atom. The molecule has 0 aromatic heterocycles. The molecule has 0 bridgehead atoms. The zero-order valence-corrected chi connectivity index (χ0v) is 13.6. The quantitative estimate of drug-likeness (QED) is 0.489. The molecule has 0 N–H and O–H groups in total. The van der Waals surface area contributed by atoms with E-state index in [1.165, 1.54) is 0 Å². The Kier molecular flexibility index (Phi) is 3.06. The van der Waals surface area contributed by atoms with Crippen LogP contribution in [-0.4, -0.2) is 11.9 Å². The van der Waals surface area contributed by atoms with Gasteiger partial charge in [-0.05, 0) is 29.0 Å². The number of hydrogen-bond acceptors (Lipinski definition) is 4. The lowest BCUT2D eigenvalue weighted by Crippen LogP contribution is -2.01. The maximum absolute atomic E-state index is 12.4. The lowest BCUT2D eigenvalue weighted by molar-refractivity contribution is -0.130. The van der Waals surface area contributed by atoms with Gasteiger partial charge < -0.3 is 9.47 Å². The van der Waals surface area contributed by atoms with E-state index in [4.69, 9.17) is 9.47 Å². The van der Waals surface area contributed by atoms with E-state index in [1.807, 2.05) is 42.5 Å². The SMILES string of the molecule is O=C1OC(c2ccc3ccccc3c2)=C/C1=C1/OC(=O)c2ccccc21. The first kappa shape index (κ1) is 14.7. The summed E-state index contributed by atoms with van der Waals surface area (Å²) in [6, 6.07) is 20.8. The number of cyclic esters (lactones) is 2. The number of rotatable bonds is 1. The maximum Gasteiger partial charge on any atom is 0.347 e. The van der Waals surface area contributed by atoms with Gasteiger partial charge in [-0.2, -0.15) is 0 Å². The number of carbonyl (C=O) groups is 2. The van der Waals surface area contributed by atoms with Crippen LogP contribution in [-0.2, 0) is 14.3 Å². The first-order chi connectivity index (χ1) is 12.7. The van der Waals surface area contributed by atoms with Crippen LogP contribution in [0, 0.1) is 0 Å². The van der Waals surface area contributed by atoms with Crippen LogP contribution in [0.4, 0.5) is 0 Å². The molecule has 3 aromatic carbocycles. The maximum atomic E-state index is 12.4. The van der Waals surface area contributed by atoms with Crippen LogP contribution >= 0.6 is 0 Å². The van der Waals surface area contributed by atoms with Gasteiger partial charge in [0.1, 0.15) is 11.3 Å². The molecule has 124 valence electrons. The lowest BCUT2D eigenvalue weighted by atomic mass is 10.0. The average molecular weight is 340 g/mol. The molecule has 5 rings (SSSR count). The van der Waals surface area contributed by atoms with E-state index < -0.39 is 11.9 Å². The molecule has 26 heavy (non-hydrogen) atoms. The fourth-order valence-electron chi connectivity index (χ4n) is 3.28. The standard InChI is InChI=1S/C22H12O4/c23-21-17-8-4-3-7-16(17)20(26-21)18-12-19(25-22(18)24)15-10-9-13-5-1-2-6-14(13)11-15/h1-12H/b20-18-. The number of hydrogen-bond donors (Lipinski definition) is 0. The third-order valence-electron chi connectivity index (χ3n) is 4.56. The summed E-state index contributed by atoms with van der Waals surface area (Å²) >= 11 is 0. The van der Waals surface area contributed by atoms with Gasteiger partial charge in [0.25, 0.3) is 0 Å². The topological polar surface area (TPSA) is 52.6 Å². The number of fused-ring (bicyclic) bond motifs is 2. The van der Waals surface area contributed by atoms with E-state index in [-0.39, 0.29) is 11.3 Å². The van der Waals surface area contributed by atoms with Crippen LogP contribution in [0.1, 0.15) is 21.5 Å². The molecular weight excluding hydrogens is 328 g/mol. The minimum Gasteiger partial charge on any atom is -0.422 e. The van der Waals surface area contributed by atoms with E-state index >= 15 is 0 Å². The summed E-state index contributed by atoms with van der Waals surface area (Å²) in [6.45, 7) is 0. The van der Waals surface area contributed by atoms with Gasteiger partial charge in [-0.3, -0.25) is 0 Å². The summed E-state index contributed by atoms with van der Waals surface area (Å²) in [4.78, 5) is 24.4. The molecule has 0 saturated heterocycles. The highest BCUT2D eigenvalue weighted by Gasteiger charge is 2.34. The molecule has 0 atom stereocenters. The molecule has 4 heteroatoms. The molecule has 2 aliphatic rings. The van der Waals surface area contributed by atoms with E-state index in [0.717, 1.165) is 16.3 Å². The summed E-state index contributed by atoms with van der Waals surface area (Å²) in [6.07, 6.45) is 1.64. The minimum absolute atomic E-state index is 0.256. The van der Waals surface area contributed by atoms with Crippen LogP contribution in [0.3, 0.4) is 0 Å². The van der Waals surface area contributed by atoms with Crippen LogP contribution in [0.5, 0.6) is 0 Å². The van der Waals surface area contributed by atoms with Crippen molar-refractivity contribution in [3.63, 3.8) is 0 Å². The highest BCUT2D eigenvalue weighted by molar-refractivity contribution is 6.12. The average Bonchev–Trinajstić information content (AvgIpc) is 3.22. The van der Waals surface area contributed by atoms with Crippen LogP contribution in [0.25, 0.3) is 22.3 Å². The number of ether oxygens (including phenoxy) is 2. The van der Waals surface area contributed by atoms with Crippen molar-refractivity contribution in [1.29, 1.82) is 0 Å². The highest BCUT2D eigenvalue weighted by Crippen LogP contribution is 2.37. The molecule has 0 aliphatic carbocycles. The molecule has 0 fully saturated rings. The fourth-order valence-corrected chi connectivity index (χ4v) is 3.28. The molecule has 0 saturated carbocycles. The molecule has 0 unspecified atom stereocenters. The predicted molar refractivity (Wildman–Crippen MR) is 96.8 cm³/mol. The Morgan fingerprint density at radius 2 is 1.38 bits per heavy atom. The van der Waals surface area contributed by atoms with E-state index in [0.29, 0.717) is 16.9 Å². The summed E-state index contributed by atoms with van der Waals surface area (Å²) in [5.41, 5.74) is 2.12. The molecule has 0 radical (unpaired) electrons. The van der Waals surface area contributed by atoms with Crippen molar-refractivity contribution >= 4 is 34.2 Å². The van der Waals surface area contributed by atoms with Crippen LogP contribution in [0.15, 0.2) is 78.4 Å². The Labute approximate surface area is 149 Å². The first-order valence-electron chi connectivity index (χ1n) is 8.19. The number of benzene rings is 3. The second-order valence-corrected chi connectivity index (χ2v) is 6.14. The largest absolute Gasteiger partial charge is 0.422 e. The number of esters is 2. The first-order valence-corrected chi connectivity index (χ1v) is 8.19. The van der Waals surface area contributed by atoms with Gasteiger partial charge in [0, 0.05) is 11.1 Å². The van der Waals surface area contributed by atoms with Crippen LogP contribution < -0.4 is 0 Å². The Hall–Kier alpha value is -3.66. The molecular formula is C22H12O4. The summed E-state index contributed by atoms with van der Waals surface area (Å²) < 4.78 is 10.8. The normalized spacial score (nSPS) is 18.5. The molecule has 2 aliphatic heterocycles. The van der Waals surface area contributed by atoms with Gasteiger partial charge in [0.05, 0.1) is 5.56 Å². The minimum atomic E-state index is -0.521. The molecule has 0 amide bonds. The molecule has 3 aromatic rings. The second kappa shape index (κ2) is 5.43. The summed E-state index contributed by atoms with van der Waals surface area (Å²) in [5, 5.41) is 2.17. The van der Waals surface area contributed by atoms with Gasteiger partial charge in [0.2, 0.25) is 0 Å². The Balaban J connectivity index is 1.63. The third kappa shape index (κ3) is 2.16. The summed E-state index contributed by atoms with van der Waals surface area (Å²) in [5.74, 6) is -0.272. The number of carbonyl (C=O) groups excluding carboxylic acids is 2. The zero-order valence-electron chi connectivity index (χ0n) is 13.6. The Morgan fingerprint density at radius 3 is 2.23 bits per heavy atom. The molecule has 4 nitrogen and oxygen atoms in total. The molecule has 2 heterocycles. The zero-order chi connectivity index (χ0) is 17.7. The smallest absolute Gasteiger partial charge is 0.347 e. The van der Waals surface area contributed by atoms with Crippen molar-refractivity contribution in [3.05, 3.63) is 95.1 Å². The van der Waals surface area contributed by atoms with Gasteiger partial charge in [0.15, 0.2) is 5.76 Å². The second-order valence-electron chi connectivity index (χ2n) is 6.14. The predicted octanol–water partition coefficient (Wildman–Crippen LogP) is 4.32. The van der Waals surface area contributed by atoms with Crippen molar-refractivity contribution in [2.24, 2.45) is 0 Å². The monoisotopic (exact) mass is 340 g/mol. The van der Waals surface area contributed by atoms with Gasteiger partial charge in [-0.15, -0.1) is 0 Å². The van der Waals surface area contributed by atoms with E-state index in [1.54, 1.807) is 30.3 Å². The van der Waals surface area contributed by atoms with Crippen LogP contribution in [0.2, 0.25) is 0 Å². The van der Waals surface area contributed by atoms with Crippen molar-refractivity contribution < 1.29 is 19.1 Å². The lowest BCUT2D eigenvalue weighted by Gasteiger charge is -2.04. The van der Waals surface area contributed by atoms with Gasteiger partial charge in [-0.1, -0.05) is 54.6 Å². The molecule has 0 spiro atoms. The van der Waals surface area contributed by atoms with E-state index in [2.05, 4.69) is 0 Å². The van der Waals surface area contributed by atoms with Gasteiger partial charge in [-0.25, -0.2) is 9.59 Å². The highest BCUT2D eigenvalue weighted by atomic mass is 16.6. The van der Waals surface area contributed by atoms with Crippen molar-refractivity contribution in [3.8, 4) is 0 Å². The third-order valence-corrected chi connectivity index (χ3v) is 4.56. The van der Waals surface area contributed by atoms with Crippen molar-refractivity contribution in [1.82, 2.24) is 0 Å². The van der Waals surface area contributed by atoms with E-state index in [9.17, 15) is 9.59 Å². The van der Waals surface area contributed by atoms with Crippen molar-refractivity contribution in [2.45, 2.75) is 0 Å². The van der Waals surface area contributed by atoms with Crippen molar-refractivity contribution in [2.75, 3.05) is 0 Å². The fraction of sp³-hybridized carbons (Fsp3) is 0. The Bertz CT molecular complexity index is 1170. The van der Waals surface area contributed by atoms with Gasteiger partial charge >= 0.3 is 11.9 Å².